The molecule has 2 aliphatic rings. The Morgan fingerprint density at radius 3 is 2.68 bits per heavy atom. The fourth-order valence-corrected chi connectivity index (χ4v) is 3.97. The molecular weight excluding hydrogens is 296 g/mol. The summed E-state index contributed by atoms with van der Waals surface area (Å²) in [6, 6.07) is 13.4. The molecule has 2 aromatic rings. The number of aryl methyl sites for hydroxylation is 1. The van der Waals surface area contributed by atoms with Crippen molar-refractivity contribution in [3.63, 3.8) is 0 Å². The highest BCUT2D eigenvalue weighted by Gasteiger charge is 2.17. The van der Waals surface area contributed by atoms with Crippen molar-refractivity contribution in [1.82, 2.24) is 0 Å². The molecule has 0 aliphatic heterocycles. The van der Waals surface area contributed by atoms with Gasteiger partial charge < -0.3 is 0 Å². The van der Waals surface area contributed by atoms with Crippen LogP contribution in [-0.4, -0.2) is 0 Å². The van der Waals surface area contributed by atoms with Crippen LogP contribution in [0.25, 0.3) is 21.7 Å². The van der Waals surface area contributed by atoms with Crippen molar-refractivity contribution >= 4 is 26.5 Å². The zero-order valence-electron chi connectivity index (χ0n) is 10.7. The first-order valence-electron chi connectivity index (χ1n) is 6.93. The summed E-state index contributed by atoms with van der Waals surface area (Å²) >= 11 is 3.74. The van der Waals surface area contributed by atoms with E-state index in [0.717, 1.165) is 12.8 Å². The largest absolute Gasteiger partial charge is 0.0760 e. The van der Waals surface area contributed by atoms with E-state index in [2.05, 4.69) is 58.4 Å². The van der Waals surface area contributed by atoms with Gasteiger partial charge in [-0.25, -0.2) is 0 Å². The van der Waals surface area contributed by atoms with Crippen LogP contribution in [0, 0.1) is 0 Å². The molecule has 0 radical (unpaired) electrons. The Balaban J connectivity index is 2.10. The first kappa shape index (κ1) is 11.5. The molecule has 0 aromatic heterocycles. The lowest BCUT2D eigenvalue weighted by Crippen LogP contribution is -2.33. The maximum Gasteiger partial charge on any atom is 0.00321 e. The average Bonchev–Trinajstić information content (AvgIpc) is 2.47. The van der Waals surface area contributed by atoms with E-state index in [-0.39, 0.29) is 0 Å². The molecule has 2 aromatic carbocycles. The molecule has 0 fully saturated rings. The number of hydrogen-bond acceptors (Lipinski definition) is 0. The molecule has 0 spiro atoms. The Morgan fingerprint density at radius 2 is 1.74 bits per heavy atom. The molecule has 0 unspecified atom stereocenters. The van der Waals surface area contributed by atoms with E-state index in [9.17, 15) is 0 Å². The zero-order chi connectivity index (χ0) is 12.8. The summed E-state index contributed by atoms with van der Waals surface area (Å²) in [6.07, 6.45) is 7.07. The van der Waals surface area contributed by atoms with Crippen molar-refractivity contribution in [2.24, 2.45) is 0 Å². The van der Waals surface area contributed by atoms with E-state index in [0.29, 0.717) is 0 Å². The highest BCUT2D eigenvalue weighted by molar-refractivity contribution is 9.14. The minimum absolute atomic E-state index is 1.14. The average molecular weight is 311 g/mol. The predicted octanol–water partition coefficient (Wildman–Crippen LogP) is 3.53. The second kappa shape index (κ2) is 4.35. The van der Waals surface area contributed by atoms with Crippen LogP contribution in [0.3, 0.4) is 0 Å². The van der Waals surface area contributed by atoms with Gasteiger partial charge in [0.25, 0.3) is 0 Å². The molecule has 0 bridgehead atoms. The van der Waals surface area contributed by atoms with Crippen LogP contribution in [0.2, 0.25) is 0 Å². The van der Waals surface area contributed by atoms with Gasteiger partial charge in [-0.1, -0.05) is 58.4 Å². The topological polar surface area (TPSA) is 0 Å². The van der Waals surface area contributed by atoms with Crippen LogP contribution in [0.4, 0.5) is 0 Å². The van der Waals surface area contributed by atoms with Crippen LogP contribution in [-0.2, 0) is 12.8 Å². The highest BCUT2D eigenvalue weighted by atomic mass is 79.9. The van der Waals surface area contributed by atoms with E-state index in [1.807, 2.05) is 0 Å². The molecule has 0 nitrogen and oxygen atoms in total. The first-order valence-corrected chi connectivity index (χ1v) is 7.73. The van der Waals surface area contributed by atoms with Gasteiger partial charge >= 0.3 is 0 Å². The van der Waals surface area contributed by atoms with Crippen molar-refractivity contribution in [2.45, 2.75) is 25.7 Å². The molecule has 0 saturated heterocycles. The van der Waals surface area contributed by atoms with Gasteiger partial charge in [0.1, 0.15) is 0 Å². The maximum atomic E-state index is 3.74. The predicted molar refractivity (Wildman–Crippen MR) is 84.6 cm³/mol. The summed E-state index contributed by atoms with van der Waals surface area (Å²) < 4.78 is 1.37. The lowest BCUT2D eigenvalue weighted by atomic mass is 9.83. The second-order valence-corrected chi connectivity index (χ2v) is 6.31. The summed E-state index contributed by atoms with van der Waals surface area (Å²) in [5.41, 5.74) is 5.92. The fraction of sp³-hybridized carbons (Fsp3) is 0.222. The number of fused-ring (bicyclic) bond motifs is 5. The minimum Gasteiger partial charge on any atom is -0.0760 e. The van der Waals surface area contributed by atoms with Crippen LogP contribution >= 0.6 is 15.9 Å². The van der Waals surface area contributed by atoms with Gasteiger partial charge in [-0.15, -0.1) is 0 Å². The van der Waals surface area contributed by atoms with Gasteiger partial charge in [-0.05, 0) is 58.4 Å². The number of halogens is 1. The lowest BCUT2D eigenvalue weighted by molar-refractivity contribution is 0.926. The normalized spacial score (nSPS) is 16.2. The van der Waals surface area contributed by atoms with Gasteiger partial charge in [0, 0.05) is 4.48 Å². The number of benzene rings is 2. The first-order chi connectivity index (χ1) is 9.34. The van der Waals surface area contributed by atoms with Gasteiger partial charge in [0.2, 0.25) is 0 Å². The van der Waals surface area contributed by atoms with Gasteiger partial charge in [0.15, 0.2) is 0 Å². The highest BCUT2D eigenvalue weighted by Crippen LogP contribution is 2.31. The molecule has 0 N–H and O–H groups in total. The van der Waals surface area contributed by atoms with Crippen LogP contribution < -0.4 is 10.4 Å². The molecule has 0 atom stereocenters. The molecule has 0 heterocycles. The van der Waals surface area contributed by atoms with E-state index in [4.69, 9.17) is 0 Å². The molecule has 4 rings (SSSR count). The molecule has 0 amide bonds. The summed E-state index contributed by atoms with van der Waals surface area (Å²) in [5.74, 6) is 0. The monoisotopic (exact) mass is 310 g/mol. The Kier molecular flexibility index (Phi) is 2.63. The third kappa shape index (κ3) is 1.72. The fourth-order valence-electron chi connectivity index (χ4n) is 3.39. The maximum absolute atomic E-state index is 3.74. The third-order valence-electron chi connectivity index (χ3n) is 4.31. The van der Waals surface area contributed by atoms with E-state index in [1.54, 1.807) is 5.56 Å². The van der Waals surface area contributed by atoms with Gasteiger partial charge in [-0.2, -0.15) is 0 Å². The lowest BCUT2D eigenvalue weighted by Gasteiger charge is -2.21. The minimum atomic E-state index is 1.14. The van der Waals surface area contributed by atoms with E-state index < -0.39 is 0 Å². The van der Waals surface area contributed by atoms with E-state index in [1.165, 1.54) is 44.5 Å². The van der Waals surface area contributed by atoms with Gasteiger partial charge in [-0.3, -0.25) is 0 Å². The summed E-state index contributed by atoms with van der Waals surface area (Å²) in [6.45, 7) is 0. The van der Waals surface area contributed by atoms with Crippen LogP contribution in [0.5, 0.6) is 0 Å². The van der Waals surface area contributed by atoms with E-state index >= 15 is 0 Å². The Hall–Kier alpha value is -1.34. The molecule has 19 heavy (non-hydrogen) atoms. The summed E-state index contributed by atoms with van der Waals surface area (Å²) in [5, 5.41) is 2.88. The Labute approximate surface area is 121 Å². The molecule has 2 aliphatic carbocycles. The van der Waals surface area contributed by atoms with Crippen molar-refractivity contribution in [2.75, 3.05) is 0 Å². The Morgan fingerprint density at radius 1 is 0.842 bits per heavy atom. The molecule has 1 heteroatoms. The summed E-state index contributed by atoms with van der Waals surface area (Å²) in [7, 11) is 0. The molecule has 0 saturated carbocycles. The SMILES string of the molecule is BrC1=c2ccc3c(c2=CCC1)CCc1ccccc1-3. The van der Waals surface area contributed by atoms with Gasteiger partial charge in [0.05, 0.1) is 0 Å². The van der Waals surface area contributed by atoms with Crippen LogP contribution in [0.1, 0.15) is 24.0 Å². The zero-order valence-corrected chi connectivity index (χ0v) is 12.3. The standard InChI is InChI=1S/C18H15Br/c19-18-7-3-6-14-16-9-8-12-4-1-2-5-13(12)15(16)10-11-17(14)18/h1-2,4-6,10-11H,3,7-9H2. The Bertz CT molecular complexity index is 784. The van der Waals surface area contributed by atoms with Crippen molar-refractivity contribution in [1.29, 1.82) is 0 Å². The van der Waals surface area contributed by atoms with Crippen molar-refractivity contribution in [3.05, 3.63) is 58.0 Å². The quantitative estimate of drug-likeness (QED) is 0.698. The number of hydrogen-bond donors (Lipinski definition) is 0. The third-order valence-corrected chi connectivity index (χ3v) is 5.14. The molecular formula is C18H15Br. The van der Waals surface area contributed by atoms with Crippen molar-refractivity contribution < 1.29 is 0 Å². The second-order valence-electron chi connectivity index (χ2n) is 5.36. The summed E-state index contributed by atoms with van der Waals surface area (Å²) in [4.78, 5) is 0. The van der Waals surface area contributed by atoms with Crippen LogP contribution in [0.15, 0.2) is 36.4 Å². The number of rotatable bonds is 0. The smallest absolute Gasteiger partial charge is 0.00321 e. The van der Waals surface area contributed by atoms with Crippen molar-refractivity contribution in [3.8, 4) is 11.1 Å². The molecule has 94 valence electrons.